The van der Waals surface area contributed by atoms with Gasteiger partial charge in [-0.05, 0) is 24.5 Å². The highest BCUT2D eigenvalue weighted by molar-refractivity contribution is 5.73. The second kappa shape index (κ2) is 5.61. The predicted molar refractivity (Wildman–Crippen MR) is 66.5 cm³/mol. The quantitative estimate of drug-likeness (QED) is 0.838. The molecule has 0 fully saturated rings. The number of carbonyl (C=O) groups is 1. The van der Waals surface area contributed by atoms with E-state index in [-0.39, 0.29) is 11.4 Å². The zero-order valence-electron chi connectivity index (χ0n) is 10.9. The lowest BCUT2D eigenvalue weighted by Crippen LogP contribution is -2.39. The van der Waals surface area contributed by atoms with Gasteiger partial charge in [-0.15, -0.1) is 0 Å². The van der Waals surface area contributed by atoms with Crippen molar-refractivity contribution < 1.29 is 4.79 Å². The summed E-state index contributed by atoms with van der Waals surface area (Å²) in [5.74, 6) is 0. The molecule has 0 aromatic carbocycles. The molecule has 5 nitrogen and oxygen atoms in total. The van der Waals surface area contributed by atoms with E-state index in [1.165, 1.54) is 0 Å². The Bertz CT molecular complexity index is 367. The van der Waals surface area contributed by atoms with Gasteiger partial charge in [0.1, 0.15) is 0 Å². The monoisotopic (exact) mass is 236 g/mol. The minimum Gasteiger partial charge on any atom is -0.338 e. The molecule has 0 aliphatic heterocycles. The first-order valence-electron chi connectivity index (χ1n) is 5.68. The molecule has 0 aliphatic carbocycles. The fourth-order valence-electron chi connectivity index (χ4n) is 1.10. The third-order valence-electron chi connectivity index (χ3n) is 2.06. The van der Waals surface area contributed by atoms with Crippen molar-refractivity contribution in [3.8, 4) is 0 Å². The number of carbonyl (C=O) groups excluding carboxylic acids is 1. The van der Waals surface area contributed by atoms with Crippen molar-refractivity contribution in [2.24, 2.45) is 5.41 Å². The van der Waals surface area contributed by atoms with Gasteiger partial charge < -0.3 is 10.6 Å². The van der Waals surface area contributed by atoms with Crippen LogP contribution in [0.4, 0.5) is 4.79 Å². The Morgan fingerprint density at radius 2 is 1.94 bits per heavy atom. The molecule has 1 heterocycles. The van der Waals surface area contributed by atoms with Gasteiger partial charge in [-0.1, -0.05) is 20.8 Å². The van der Waals surface area contributed by atoms with E-state index in [0.717, 1.165) is 11.4 Å². The van der Waals surface area contributed by atoms with E-state index in [2.05, 4.69) is 41.6 Å². The maximum atomic E-state index is 11.5. The Morgan fingerprint density at radius 3 is 2.47 bits per heavy atom. The number of amides is 2. The molecule has 0 saturated carbocycles. The Balaban J connectivity index is 2.31. The summed E-state index contributed by atoms with van der Waals surface area (Å²) in [6, 6.07) is 3.55. The highest BCUT2D eigenvalue weighted by Crippen LogP contribution is 2.09. The highest BCUT2D eigenvalue weighted by Gasteiger charge is 2.11. The summed E-state index contributed by atoms with van der Waals surface area (Å²) >= 11 is 0. The van der Waals surface area contributed by atoms with Crippen LogP contribution in [-0.4, -0.2) is 22.8 Å². The number of hydrogen-bond donors (Lipinski definition) is 2. The standard InChI is InChI=1S/C12H20N4O/c1-9-5-6-10(16-15-9)7-13-11(17)14-8-12(2,3)4/h5-6H,7-8H2,1-4H3,(H2,13,14,17). The third-order valence-corrected chi connectivity index (χ3v) is 2.06. The lowest BCUT2D eigenvalue weighted by molar-refractivity contribution is 0.235. The molecule has 1 rings (SSSR count). The topological polar surface area (TPSA) is 66.9 Å². The molecule has 2 N–H and O–H groups in total. The Morgan fingerprint density at radius 1 is 1.24 bits per heavy atom. The summed E-state index contributed by atoms with van der Waals surface area (Å²) in [6.07, 6.45) is 0. The molecule has 0 aliphatic rings. The zero-order valence-corrected chi connectivity index (χ0v) is 10.9. The number of aryl methyl sites for hydroxylation is 1. The lowest BCUT2D eigenvalue weighted by atomic mass is 9.97. The highest BCUT2D eigenvalue weighted by atomic mass is 16.2. The molecule has 0 atom stereocenters. The molecule has 0 saturated heterocycles. The molecule has 0 bridgehead atoms. The smallest absolute Gasteiger partial charge is 0.315 e. The van der Waals surface area contributed by atoms with Gasteiger partial charge in [0.2, 0.25) is 0 Å². The van der Waals surface area contributed by atoms with E-state index in [9.17, 15) is 4.79 Å². The Labute approximate surface area is 102 Å². The van der Waals surface area contributed by atoms with Gasteiger partial charge in [-0.25, -0.2) is 4.79 Å². The summed E-state index contributed by atoms with van der Waals surface area (Å²) in [7, 11) is 0. The van der Waals surface area contributed by atoms with Gasteiger partial charge >= 0.3 is 6.03 Å². The van der Waals surface area contributed by atoms with Crippen LogP contribution in [0.3, 0.4) is 0 Å². The molecule has 17 heavy (non-hydrogen) atoms. The predicted octanol–water partition coefficient (Wildman–Crippen LogP) is 1.63. The first-order valence-corrected chi connectivity index (χ1v) is 5.68. The van der Waals surface area contributed by atoms with Crippen LogP contribution < -0.4 is 10.6 Å². The van der Waals surface area contributed by atoms with Gasteiger partial charge in [0.05, 0.1) is 17.9 Å². The van der Waals surface area contributed by atoms with E-state index < -0.39 is 0 Å². The molecule has 2 amide bonds. The molecule has 0 radical (unpaired) electrons. The largest absolute Gasteiger partial charge is 0.338 e. The van der Waals surface area contributed by atoms with Crippen LogP contribution in [0.5, 0.6) is 0 Å². The number of urea groups is 1. The number of hydrogen-bond acceptors (Lipinski definition) is 3. The van der Waals surface area contributed by atoms with E-state index in [1.807, 2.05) is 19.1 Å². The van der Waals surface area contributed by atoms with Crippen molar-refractivity contribution in [3.63, 3.8) is 0 Å². The average Bonchev–Trinajstić information content (AvgIpc) is 2.25. The van der Waals surface area contributed by atoms with Crippen molar-refractivity contribution in [2.75, 3.05) is 6.54 Å². The number of rotatable bonds is 3. The summed E-state index contributed by atoms with van der Waals surface area (Å²) < 4.78 is 0. The van der Waals surface area contributed by atoms with Gasteiger partial charge in [0, 0.05) is 6.54 Å². The van der Waals surface area contributed by atoms with Crippen molar-refractivity contribution >= 4 is 6.03 Å². The van der Waals surface area contributed by atoms with Gasteiger partial charge in [-0.2, -0.15) is 10.2 Å². The van der Waals surface area contributed by atoms with Crippen molar-refractivity contribution in [3.05, 3.63) is 23.5 Å². The van der Waals surface area contributed by atoms with Crippen LogP contribution in [-0.2, 0) is 6.54 Å². The Kier molecular flexibility index (Phi) is 4.43. The second-order valence-corrected chi connectivity index (χ2v) is 5.26. The van der Waals surface area contributed by atoms with Gasteiger partial charge in [-0.3, -0.25) is 0 Å². The lowest BCUT2D eigenvalue weighted by Gasteiger charge is -2.18. The van der Waals surface area contributed by atoms with E-state index in [4.69, 9.17) is 0 Å². The van der Waals surface area contributed by atoms with Crippen LogP contribution in [0.1, 0.15) is 32.2 Å². The molecule has 5 heteroatoms. The number of aromatic nitrogens is 2. The Hall–Kier alpha value is -1.65. The molecule has 94 valence electrons. The minimum atomic E-state index is -0.178. The van der Waals surface area contributed by atoms with E-state index in [0.29, 0.717) is 13.1 Å². The molecular formula is C12H20N4O. The van der Waals surface area contributed by atoms with E-state index >= 15 is 0 Å². The maximum absolute atomic E-state index is 11.5. The third kappa shape index (κ3) is 5.85. The van der Waals surface area contributed by atoms with Crippen molar-refractivity contribution in [1.82, 2.24) is 20.8 Å². The average molecular weight is 236 g/mol. The fraction of sp³-hybridized carbons (Fsp3) is 0.583. The van der Waals surface area contributed by atoms with Crippen LogP contribution >= 0.6 is 0 Å². The first-order chi connectivity index (χ1) is 7.87. The van der Waals surface area contributed by atoms with Gasteiger partial charge in [0.25, 0.3) is 0 Å². The van der Waals surface area contributed by atoms with Crippen LogP contribution in [0.25, 0.3) is 0 Å². The van der Waals surface area contributed by atoms with Crippen LogP contribution in [0.15, 0.2) is 12.1 Å². The first kappa shape index (κ1) is 13.4. The molecule has 0 spiro atoms. The molecule has 1 aromatic heterocycles. The van der Waals surface area contributed by atoms with Crippen LogP contribution in [0, 0.1) is 12.3 Å². The maximum Gasteiger partial charge on any atom is 0.315 e. The SMILES string of the molecule is Cc1ccc(CNC(=O)NCC(C)(C)C)nn1. The van der Waals surface area contributed by atoms with Crippen molar-refractivity contribution in [2.45, 2.75) is 34.2 Å². The molecular weight excluding hydrogens is 216 g/mol. The number of nitrogens with zero attached hydrogens (tertiary/aromatic N) is 2. The number of nitrogens with one attached hydrogen (secondary N) is 2. The zero-order chi connectivity index (χ0) is 12.9. The van der Waals surface area contributed by atoms with E-state index in [1.54, 1.807) is 0 Å². The minimum absolute atomic E-state index is 0.0843. The van der Waals surface area contributed by atoms with Gasteiger partial charge in [0.15, 0.2) is 0 Å². The summed E-state index contributed by atoms with van der Waals surface area (Å²) in [4.78, 5) is 11.5. The summed E-state index contributed by atoms with van der Waals surface area (Å²) in [6.45, 7) is 9.11. The molecule has 1 aromatic rings. The molecule has 0 unspecified atom stereocenters. The summed E-state index contributed by atoms with van der Waals surface area (Å²) in [5, 5.41) is 13.4. The normalized spacial score (nSPS) is 11.1. The van der Waals surface area contributed by atoms with Crippen molar-refractivity contribution in [1.29, 1.82) is 0 Å². The second-order valence-electron chi connectivity index (χ2n) is 5.26. The van der Waals surface area contributed by atoms with Crippen LogP contribution in [0.2, 0.25) is 0 Å². The summed E-state index contributed by atoms with van der Waals surface area (Å²) in [5.41, 5.74) is 1.70. The fourth-order valence-corrected chi connectivity index (χ4v) is 1.10.